The summed E-state index contributed by atoms with van der Waals surface area (Å²) in [5.41, 5.74) is 0.737. The monoisotopic (exact) mass is 465 g/mol. The van der Waals surface area contributed by atoms with Crippen LogP contribution in [0.4, 0.5) is 20.2 Å². The predicted octanol–water partition coefficient (Wildman–Crippen LogP) is 4.43. The molecule has 0 atom stereocenters. The number of para-hydroxylation sites is 1. The lowest BCUT2D eigenvalue weighted by molar-refractivity contribution is -0.131. The molecule has 9 heteroatoms. The van der Waals surface area contributed by atoms with E-state index in [-0.39, 0.29) is 29.3 Å². The van der Waals surface area contributed by atoms with Gasteiger partial charge in [0.15, 0.2) is 0 Å². The van der Waals surface area contributed by atoms with E-state index in [4.69, 9.17) is 5.11 Å². The number of carboxylic acid groups (broad SMARTS) is 1. The van der Waals surface area contributed by atoms with Gasteiger partial charge >= 0.3 is 5.97 Å². The predicted molar refractivity (Wildman–Crippen MR) is 123 cm³/mol. The number of halogens is 2. The van der Waals surface area contributed by atoms with Crippen LogP contribution in [-0.2, 0) is 11.8 Å². The Balaban J connectivity index is 1.62. The van der Waals surface area contributed by atoms with Gasteiger partial charge in [0.1, 0.15) is 5.69 Å². The molecule has 2 N–H and O–H groups in total. The second kappa shape index (κ2) is 8.93. The van der Waals surface area contributed by atoms with Gasteiger partial charge in [0.25, 0.3) is 17.7 Å². The Morgan fingerprint density at radius 2 is 1.74 bits per heavy atom. The quantitative estimate of drug-likeness (QED) is 0.558. The number of allylic oxidation sites excluding steroid dienone is 1. The zero-order chi connectivity index (χ0) is 24.5. The van der Waals surface area contributed by atoms with Crippen molar-refractivity contribution in [2.45, 2.75) is 12.3 Å². The van der Waals surface area contributed by atoms with Crippen LogP contribution in [0.2, 0.25) is 0 Å². The molecule has 1 aliphatic heterocycles. The van der Waals surface area contributed by atoms with Crippen molar-refractivity contribution in [2.24, 2.45) is 7.05 Å². The molecule has 3 aromatic rings. The number of hydrogen-bond donors (Lipinski definition) is 2. The number of anilines is 2. The maximum atomic E-state index is 14.8. The third-order valence-corrected chi connectivity index (χ3v) is 5.61. The molecule has 4 rings (SSSR count). The number of hydrogen-bond acceptors (Lipinski definition) is 3. The first kappa shape index (κ1) is 22.9. The molecule has 2 amide bonds. The van der Waals surface area contributed by atoms with Crippen LogP contribution in [0.25, 0.3) is 5.57 Å². The van der Waals surface area contributed by atoms with Crippen LogP contribution >= 0.6 is 0 Å². The largest absolute Gasteiger partial charge is 0.478 e. The highest BCUT2D eigenvalue weighted by atomic mass is 19.3. The molecular formula is C25H21F2N3O4. The molecule has 7 nitrogen and oxygen atoms in total. The van der Waals surface area contributed by atoms with Crippen LogP contribution in [0.3, 0.4) is 0 Å². The van der Waals surface area contributed by atoms with Crippen LogP contribution in [0.15, 0.2) is 72.9 Å². The molecule has 2 heterocycles. The van der Waals surface area contributed by atoms with E-state index < -0.39 is 29.8 Å². The standard InChI is InChI=1S/C25H21F2N3O4/c1-29-13-4-7-21(29)23(33)28-17-10-8-16(9-11-17)24(34)30-14-12-25(26,27)19(15-22(31)32)18-5-2-3-6-20(18)30/h2-11,13,15H,12,14H2,1H3,(H,28,33)(H,31,32)/b19-15-. The van der Waals surface area contributed by atoms with Gasteiger partial charge in [0.2, 0.25) is 0 Å². The minimum Gasteiger partial charge on any atom is -0.478 e. The Bertz CT molecular complexity index is 1300. The first-order valence-electron chi connectivity index (χ1n) is 10.4. The number of alkyl halides is 2. The zero-order valence-corrected chi connectivity index (χ0v) is 18.2. The SMILES string of the molecule is Cn1cccc1C(=O)Nc1ccc(C(=O)N2CCC(F)(F)/C(=C\C(=O)O)c3ccccc32)cc1. The minimum absolute atomic E-state index is 0.00722. The average molecular weight is 465 g/mol. The van der Waals surface area contributed by atoms with Crippen molar-refractivity contribution in [2.75, 3.05) is 16.8 Å². The van der Waals surface area contributed by atoms with Crippen molar-refractivity contribution in [1.29, 1.82) is 0 Å². The number of carbonyl (C=O) groups is 3. The van der Waals surface area contributed by atoms with Crippen LogP contribution in [0.5, 0.6) is 0 Å². The fourth-order valence-electron chi connectivity index (χ4n) is 3.90. The van der Waals surface area contributed by atoms with Crippen LogP contribution in [0.1, 0.15) is 32.8 Å². The van der Waals surface area contributed by atoms with Gasteiger partial charge in [-0.25, -0.2) is 13.6 Å². The van der Waals surface area contributed by atoms with Gasteiger partial charge in [-0.05, 0) is 42.5 Å². The first-order valence-corrected chi connectivity index (χ1v) is 10.4. The normalized spacial score (nSPS) is 16.0. The van der Waals surface area contributed by atoms with Crippen molar-refractivity contribution < 1.29 is 28.3 Å². The van der Waals surface area contributed by atoms with Crippen LogP contribution < -0.4 is 10.2 Å². The van der Waals surface area contributed by atoms with E-state index >= 15 is 0 Å². The molecule has 0 radical (unpaired) electrons. The van der Waals surface area contributed by atoms with Crippen molar-refractivity contribution in [3.63, 3.8) is 0 Å². The van der Waals surface area contributed by atoms with E-state index in [1.54, 1.807) is 48.1 Å². The summed E-state index contributed by atoms with van der Waals surface area (Å²) < 4.78 is 31.3. The number of aromatic nitrogens is 1. The molecular weight excluding hydrogens is 444 g/mol. The van der Waals surface area contributed by atoms with Gasteiger partial charge < -0.3 is 19.9 Å². The van der Waals surface area contributed by atoms with Crippen LogP contribution in [0, 0.1) is 0 Å². The second-order valence-corrected chi connectivity index (χ2v) is 7.86. The number of aryl methyl sites for hydroxylation is 1. The van der Waals surface area contributed by atoms with Crippen LogP contribution in [-0.4, -0.2) is 39.9 Å². The maximum Gasteiger partial charge on any atom is 0.328 e. The number of fused-ring (bicyclic) bond motifs is 1. The summed E-state index contributed by atoms with van der Waals surface area (Å²) in [5.74, 6) is -5.74. The number of carboxylic acids is 1. The fourth-order valence-corrected chi connectivity index (χ4v) is 3.90. The van der Waals surface area contributed by atoms with E-state index in [1.807, 2.05) is 0 Å². The lowest BCUT2D eigenvalue weighted by Crippen LogP contribution is -2.33. The minimum atomic E-state index is -3.42. The Kier molecular flexibility index (Phi) is 6.02. The highest BCUT2D eigenvalue weighted by molar-refractivity contribution is 6.09. The zero-order valence-electron chi connectivity index (χ0n) is 18.2. The Hall–Kier alpha value is -4.27. The number of nitrogens with zero attached hydrogens (tertiary/aromatic N) is 2. The van der Waals surface area contributed by atoms with Crippen molar-refractivity contribution in [1.82, 2.24) is 4.57 Å². The van der Waals surface area contributed by atoms with E-state index in [2.05, 4.69) is 5.32 Å². The number of benzene rings is 2. The molecule has 0 spiro atoms. The topological polar surface area (TPSA) is 91.6 Å². The van der Waals surface area contributed by atoms with Gasteiger partial charge in [-0.15, -0.1) is 0 Å². The third kappa shape index (κ3) is 4.45. The summed E-state index contributed by atoms with van der Waals surface area (Å²) in [6.07, 6.45) is 1.52. The molecule has 0 bridgehead atoms. The van der Waals surface area contributed by atoms with Gasteiger partial charge in [-0.1, -0.05) is 18.2 Å². The molecule has 1 aliphatic rings. The molecule has 1 aromatic heterocycles. The summed E-state index contributed by atoms with van der Waals surface area (Å²) in [4.78, 5) is 38.1. The van der Waals surface area contributed by atoms with Gasteiger partial charge in [-0.3, -0.25) is 9.59 Å². The summed E-state index contributed by atoms with van der Waals surface area (Å²) in [6, 6.07) is 15.6. The summed E-state index contributed by atoms with van der Waals surface area (Å²) in [7, 11) is 1.75. The lowest BCUT2D eigenvalue weighted by atomic mass is 9.97. The van der Waals surface area contributed by atoms with Crippen molar-refractivity contribution >= 4 is 34.7 Å². The number of carbonyl (C=O) groups excluding carboxylic acids is 2. The molecule has 0 saturated carbocycles. The molecule has 0 aliphatic carbocycles. The third-order valence-electron chi connectivity index (χ3n) is 5.61. The number of amides is 2. The van der Waals surface area contributed by atoms with E-state index in [0.717, 1.165) is 0 Å². The number of aliphatic carboxylic acids is 1. The highest BCUT2D eigenvalue weighted by Gasteiger charge is 2.41. The molecule has 34 heavy (non-hydrogen) atoms. The van der Waals surface area contributed by atoms with Crippen molar-refractivity contribution in [3.05, 3.63) is 89.8 Å². The number of rotatable bonds is 4. The maximum absolute atomic E-state index is 14.8. The van der Waals surface area contributed by atoms with E-state index in [9.17, 15) is 23.2 Å². The highest BCUT2D eigenvalue weighted by Crippen LogP contribution is 2.43. The first-order chi connectivity index (χ1) is 16.2. The molecule has 0 fully saturated rings. The van der Waals surface area contributed by atoms with Gasteiger partial charge in [0, 0.05) is 54.7 Å². The summed E-state index contributed by atoms with van der Waals surface area (Å²) >= 11 is 0. The lowest BCUT2D eigenvalue weighted by Gasteiger charge is -2.23. The van der Waals surface area contributed by atoms with Crippen molar-refractivity contribution in [3.8, 4) is 0 Å². The van der Waals surface area contributed by atoms with E-state index in [0.29, 0.717) is 17.5 Å². The second-order valence-electron chi connectivity index (χ2n) is 7.86. The molecule has 0 unspecified atom stereocenters. The Labute approximate surface area is 193 Å². The summed E-state index contributed by atoms with van der Waals surface area (Å²) in [6.45, 7) is -0.300. The average Bonchev–Trinajstić information content (AvgIpc) is 3.20. The van der Waals surface area contributed by atoms with Gasteiger partial charge in [-0.2, -0.15) is 0 Å². The molecule has 174 valence electrons. The Morgan fingerprint density at radius 3 is 2.38 bits per heavy atom. The Morgan fingerprint density at radius 1 is 1.03 bits per heavy atom. The van der Waals surface area contributed by atoms with Gasteiger partial charge in [0.05, 0.1) is 5.69 Å². The summed E-state index contributed by atoms with van der Waals surface area (Å²) in [5, 5.41) is 11.9. The van der Waals surface area contributed by atoms with E-state index in [1.165, 1.54) is 35.2 Å². The number of nitrogens with one attached hydrogen (secondary N) is 1. The molecule has 2 aromatic carbocycles. The molecule has 0 saturated heterocycles. The fraction of sp³-hybridized carbons (Fsp3) is 0.160. The smallest absolute Gasteiger partial charge is 0.328 e.